The van der Waals surface area contributed by atoms with E-state index in [1.807, 2.05) is 42.5 Å². The first-order chi connectivity index (χ1) is 28.0. The standard InChI is InChI=1S/C45H76O12S/c1-3-5-7-9-11-13-15-17-19-21-23-25-27-29-31-33-40(46)54-35-38(36-55-45-44(50)43(49)42(48)39(57-45)37-58(51,52)53)56-41(47)34-32-30-28-26-24-22-20-18-16-14-12-10-8-6-4-2/h5,7,9,11,13,15,17,19,28,30,38-39,42-45,48-50H,3-4,6,8,10,12,14,16,18,20-27,29,31-37H2,1-2H3,(H,51,52,53)/b7-5+,11-9+,15-13+,19-17+,30-28+/t38-,39-,42-,43?,44?,45+/m1/s1. The van der Waals surface area contributed by atoms with E-state index >= 15 is 0 Å². The van der Waals surface area contributed by atoms with Gasteiger partial charge in [0.05, 0.1) is 6.61 Å². The van der Waals surface area contributed by atoms with E-state index < -0.39 is 71.2 Å². The minimum absolute atomic E-state index is 0.0733. The first-order valence-corrected chi connectivity index (χ1v) is 23.5. The molecule has 4 N–H and O–H groups in total. The van der Waals surface area contributed by atoms with Gasteiger partial charge in [0.2, 0.25) is 0 Å². The highest BCUT2D eigenvalue weighted by Gasteiger charge is 2.46. The minimum Gasteiger partial charge on any atom is -0.462 e. The molecule has 334 valence electrons. The summed E-state index contributed by atoms with van der Waals surface area (Å²) in [5.74, 6) is -2.08. The molecule has 1 rings (SSSR count). The summed E-state index contributed by atoms with van der Waals surface area (Å²) in [5.41, 5.74) is 0. The number of carbonyl (C=O) groups is 2. The lowest BCUT2D eigenvalue weighted by Gasteiger charge is -2.40. The van der Waals surface area contributed by atoms with Crippen LogP contribution in [0.15, 0.2) is 60.8 Å². The van der Waals surface area contributed by atoms with E-state index in [9.17, 15) is 37.9 Å². The Morgan fingerprint density at radius 2 is 1.14 bits per heavy atom. The summed E-state index contributed by atoms with van der Waals surface area (Å²) in [6.07, 6.45) is 32.8. The SMILES string of the molecule is CC/C=C/C=C/C=C/C=C/CCCCCCCC(=O)OC[C@H](CO[C@H]1O[C@H](CS(=O)(=O)O)[C@@H](O)C(O)C1O)OC(=O)CC/C=C/CCCCCCCCCCCCC. The number of aliphatic hydroxyl groups excluding tert-OH is 3. The third-order valence-electron chi connectivity index (χ3n) is 9.69. The maximum absolute atomic E-state index is 12.8. The molecule has 1 heterocycles. The average Bonchev–Trinajstić information content (AvgIpc) is 3.18. The lowest BCUT2D eigenvalue weighted by molar-refractivity contribution is -0.297. The highest BCUT2D eigenvalue weighted by Crippen LogP contribution is 2.24. The smallest absolute Gasteiger partial charge is 0.306 e. The van der Waals surface area contributed by atoms with Gasteiger partial charge in [0.15, 0.2) is 12.4 Å². The van der Waals surface area contributed by atoms with Gasteiger partial charge in [-0.2, -0.15) is 8.42 Å². The quantitative estimate of drug-likeness (QED) is 0.0157. The summed E-state index contributed by atoms with van der Waals surface area (Å²) in [6.45, 7) is 3.56. The Balaban J connectivity index is 2.51. The molecule has 0 bridgehead atoms. The Bertz CT molecular complexity index is 1310. The van der Waals surface area contributed by atoms with E-state index in [4.69, 9.17) is 18.9 Å². The number of ether oxygens (including phenoxy) is 4. The van der Waals surface area contributed by atoms with Crippen molar-refractivity contribution in [2.24, 2.45) is 0 Å². The second-order valence-corrected chi connectivity index (χ2v) is 16.6. The van der Waals surface area contributed by atoms with Crippen molar-refractivity contribution in [1.29, 1.82) is 0 Å². The van der Waals surface area contributed by atoms with Gasteiger partial charge in [-0.15, -0.1) is 0 Å². The number of rotatable bonds is 35. The van der Waals surface area contributed by atoms with Gasteiger partial charge >= 0.3 is 11.9 Å². The molecule has 0 aromatic carbocycles. The second kappa shape index (κ2) is 35.1. The zero-order chi connectivity index (χ0) is 42.7. The van der Waals surface area contributed by atoms with Crippen molar-refractivity contribution in [3.8, 4) is 0 Å². The Morgan fingerprint density at radius 3 is 1.74 bits per heavy atom. The molecule has 2 unspecified atom stereocenters. The van der Waals surface area contributed by atoms with Crippen molar-refractivity contribution in [2.45, 2.75) is 192 Å². The van der Waals surface area contributed by atoms with Crippen LogP contribution in [0.5, 0.6) is 0 Å². The Labute approximate surface area is 349 Å². The van der Waals surface area contributed by atoms with Crippen molar-refractivity contribution >= 4 is 22.1 Å². The first kappa shape index (κ1) is 53.4. The van der Waals surface area contributed by atoms with E-state index in [-0.39, 0.29) is 19.4 Å². The van der Waals surface area contributed by atoms with E-state index in [1.165, 1.54) is 64.2 Å². The van der Waals surface area contributed by atoms with Crippen molar-refractivity contribution in [2.75, 3.05) is 19.0 Å². The number of unbranched alkanes of at least 4 members (excludes halogenated alkanes) is 16. The number of hydrogen-bond acceptors (Lipinski definition) is 11. The molecule has 0 amide bonds. The maximum atomic E-state index is 12.8. The topological polar surface area (TPSA) is 186 Å². The number of esters is 2. The maximum Gasteiger partial charge on any atom is 0.306 e. The summed E-state index contributed by atoms with van der Waals surface area (Å²) in [6, 6.07) is 0. The third-order valence-corrected chi connectivity index (χ3v) is 10.4. The molecular weight excluding hydrogens is 765 g/mol. The summed E-state index contributed by atoms with van der Waals surface area (Å²) >= 11 is 0. The molecule has 13 heteroatoms. The molecule has 58 heavy (non-hydrogen) atoms. The van der Waals surface area contributed by atoms with E-state index in [2.05, 4.69) is 32.1 Å². The van der Waals surface area contributed by atoms with Crippen molar-refractivity contribution in [3.63, 3.8) is 0 Å². The van der Waals surface area contributed by atoms with Crippen LogP contribution < -0.4 is 0 Å². The predicted molar refractivity (Wildman–Crippen MR) is 229 cm³/mol. The van der Waals surface area contributed by atoms with Gasteiger partial charge in [0.1, 0.15) is 36.8 Å². The van der Waals surface area contributed by atoms with Crippen LogP contribution >= 0.6 is 0 Å². The van der Waals surface area contributed by atoms with E-state index in [1.54, 1.807) is 0 Å². The number of allylic oxidation sites excluding steroid dienone is 10. The first-order valence-electron chi connectivity index (χ1n) is 21.9. The van der Waals surface area contributed by atoms with Gasteiger partial charge in [-0.3, -0.25) is 14.1 Å². The summed E-state index contributed by atoms with van der Waals surface area (Å²) in [5, 5.41) is 30.8. The number of carbonyl (C=O) groups excluding carboxylic acids is 2. The van der Waals surface area contributed by atoms with Crippen LogP contribution in [0.1, 0.15) is 155 Å². The summed E-state index contributed by atoms with van der Waals surface area (Å²) in [7, 11) is -4.61. The molecule has 1 fully saturated rings. The van der Waals surface area contributed by atoms with Gasteiger partial charge in [0, 0.05) is 12.8 Å². The van der Waals surface area contributed by atoms with Crippen LogP contribution in [0, 0.1) is 0 Å². The Hall–Kier alpha value is -2.65. The van der Waals surface area contributed by atoms with E-state index in [0.717, 1.165) is 51.4 Å². The lowest BCUT2D eigenvalue weighted by atomic mass is 10.00. The third kappa shape index (κ3) is 29.5. The Kier molecular flexibility index (Phi) is 32.3. The fourth-order valence-electron chi connectivity index (χ4n) is 6.29. The van der Waals surface area contributed by atoms with E-state index in [0.29, 0.717) is 12.8 Å². The zero-order valence-corrected chi connectivity index (χ0v) is 36.2. The largest absolute Gasteiger partial charge is 0.462 e. The van der Waals surface area contributed by atoms with Crippen molar-refractivity contribution in [3.05, 3.63) is 60.8 Å². The molecule has 0 aromatic rings. The fourth-order valence-corrected chi connectivity index (χ4v) is 6.98. The minimum atomic E-state index is -4.61. The molecule has 12 nitrogen and oxygen atoms in total. The molecule has 0 spiro atoms. The van der Waals surface area contributed by atoms with Gasteiger partial charge < -0.3 is 34.3 Å². The van der Waals surface area contributed by atoms with Crippen LogP contribution in [0.4, 0.5) is 0 Å². The monoisotopic (exact) mass is 841 g/mol. The van der Waals surface area contributed by atoms with Gasteiger partial charge in [-0.05, 0) is 44.9 Å². The molecule has 6 atom stereocenters. The molecule has 0 aliphatic carbocycles. The molecule has 0 aromatic heterocycles. The number of hydrogen-bond donors (Lipinski definition) is 4. The zero-order valence-electron chi connectivity index (χ0n) is 35.4. The molecule has 1 aliphatic rings. The normalized spacial score (nSPS) is 21.0. The van der Waals surface area contributed by atoms with Crippen LogP contribution in [0.25, 0.3) is 0 Å². The van der Waals surface area contributed by atoms with Crippen LogP contribution in [-0.2, 0) is 38.7 Å². The highest BCUT2D eigenvalue weighted by atomic mass is 32.2. The molecule has 1 saturated heterocycles. The summed E-state index contributed by atoms with van der Waals surface area (Å²) in [4.78, 5) is 25.3. The highest BCUT2D eigenvalue weighted by molar-refractivity contribution is 7.85. The van der Waals surface area contributed by atoms with Crippen LogP contribution in [0.3, 0.4) is 0 Å². The number of aliphatic hydroxyl groups is 3. The predicted octanol–water partition coefficient (Wildman–Crippen LogP) is 8.56. The molecule has 0 saturated carbocycles. The van der Waals surface area contributed by atoms with Gasteiger partial charge in [-0.1, -0.05) is 158 Å². The van der Waals surface area contributed by atoms with Crippen LogP contribution in [-0.4, -0.2) is 96.0 Å². The second-order valence-electron chi connectivity index (χ2n) is 15.1. The fraction of sp³-hybridized carbons (Fsp3) is 0.733. The van der Waals surface area contributed by atoms with Crippen LogP contribution in [0.2, 0.25) is 0 Å². The van der Waals surface area contributed by atoms with Gasteiger partial charge in [-0.25, -0.2) is 0 Å². The Morgan fingerprint density at radius 1 is 0.603 bits per heavy atom. The van der Waals surface area contributed by atoms with Gasteiger partial charge in [0.25, 0.3) is 10.1 Å². The summed E-state index contributed by atoms with van der Waals surface area (Å²) < 4.78 is 53.9. The average molecular weight is 841 g/mol. The molecule has 0 radical (unpaired) electrons. The molecular formula is C45H76O12S. The van der Waals surface area contributed by atoms with Crippen molar-refractivity contribution in [1.82, 2.24) is 0 Å². The van der Waals surface area contributed by atoms with Crippen molar-refractivity contribution < 1.29 is 56.8 Å². The molecule has 1 aliphatic heterocycles. The lowest BCUT2D eigenvalue weighted by Crippen LogP contribution is -2.60.